The zero-order valence-corrected chi connectivity index (χ0v) is 13.5. The molecule has 0 bridgehead atoms. The zero-order chi connectivity index (χ0) is 15.9. The molecule has 23 heavy (non-hydrogen) atoms. The van der Waals surface area contributed by atoms with Crippen molar-refractivity contribution in [2.24, 2.45) is 4.99 Å². The van der Waals surface area contributed by atoms with Crippen molar-refractivity contribution < 1.29 is 0 Å². The predicted molar refractivity (Wildman–Crippen MR) is 94.8 cm³/mol. The molecule has 2 N–H and O–H groups in total. The number of hydrogen-bond acceptors (Lipinski definition) is 6. The van der Waals surface area contributed by atoms with Gasteiger partial charge in [-0.1, -0.05) is 17.7 Å². The van der Waals surface area contributed by atoms with Gasteiger partial charge in [-0.25, -0.2) is 4.98 Å². The van der Waals surface area contributed by atoms with Crippen molar-refractivity contribution in [1.82, 2.24) is 14.9 Å². The molecular weight excluding hydrogens is 312 g/mol. The normalized spacial score (nSPS) is 13.3. The van der Waals surface area contributed by atoms with Gasteiger partial charge in [-0.05, 0) is 30.7 Å². The Morgan fingerprint density at radius 2 is 2.22 bits per heavy atom. The van der Waals surface area contributed by atoms with E-state index in [9.17, 15) is 0 Å². The molecule has 6 nitrogen and oxygen atoms in total. The molecule has 0 amide bonds. The molecule has 0 fully saturated rings. The van der Waals surface area contributed by atoms with Gasteiger partial charge in [-0.3, -0.25) is 4.99 Å². The van der Waals surface area contributed by atoms with Gasteiger partial charge in [0, 0.05) is 36.5 Å². The van der Waals surface area contributed by atoms with E-state index in [1.165, 1.54) is 0 Å². The molecule has 3 rings (SSSR count). The molecule has 1 aliphatic heterocycles. The summed E-state index contributed by atoms with van der Waals surface area (Å²) in [6.45, 7) is 3.81. The fourth-order valence-corrected chi connectivity index (χ4v) is 2.49. The lowest BCUT2D eigenvalue weighted by molar-refractivity contribution is 0.461. The van der Waals surface area contributed by atoms with E-state index in [2.05, 4.69) is 30.5 Å². The maximum atomic E-state index is 5.97. The molecule has 0 atom stereocenters. The van der Waals surface area contributed by atoms with Crippen LogP contribution in [0.3, 0.4) is 0 Å². The van der Waals surface area contributed by atoms with Crippen molar-refractivity contribution in [2.45, 2.75) is 6.42 Å². The molecule has 2 heterocycles. The van der Waals surface area contributed by atoms with Crippen molar-refractivity contribution in [3.8, 4) is 0 Å². The van der Waals surface area contributed by atoms with Crippen molar-refractivity contribution in [3.05, 3.63) is 41.6 Å². The van der Waals surface area contributed by atoms with Gasteiger partial charge in [0.15, 0.2) is 0 Å². The van der Waals surface area contributed by atoms with Gasteiger partial charge in [-0.15, -0.1) is 0 Å². The SMILES string of the molecule is Clc1cccc(Nc2nccc(NCCCN3C=NCC3)n2)c1. The Kier molecular flexibility index (Phi) is 5.26. The molecule has 1 aromatic heterocycles. The van der Waals surface area contributed by atoms with Gasteiger partial charge in [-0.2, -0.15) is 4.98 Å². The lowest BCUT2D eigenvalue weighted by atomic mass is 10.3. The summed E-state index contributed by atoms with van der Waals surface area (Å²) in [4.78, 5) is 15.1. The molecular formula is C16H19ClN6. The quantitative estimate of drug-likeness (QED) is 0.764. The van der Waals surface area contributed by atoms with Crippen LogP contribution in [0.4, 0.5) is 17.5 Å². The zero-order valence-electron chi connectivity index (χ0n) is 12.7. The van der Waals surface area contributed by atoms with Crippen LogP contribution < -0.4 is 10.6 Å². The van der Waals surface area contributed by atoms with E-state index in [0.717, 1.165) is 44.1 Å². The standard InChI is InChI=1S/C16H19ClN6/c17-13-3-1-4-14(11-13)21-16-20-7-5-15(22-16)19-6-2-9-23-10-8-18-12-23/h1,3-5,7,11-12H,2,6,8-10H2,(H2,19,20,21,22). The lowest BCUT2D eigenvalue weighted by Crippen LogP contribution is -2.22. The highest BCUT2D eigenvalue weighted by Crippen LogP contribution is 2.18. The molecule has 0 aliphatic carbocycles. The minimum Gasteiger partial charge on any atom is -0.370 e. The first kappa shape index (κ1) is 15.6. The van der Waals surface area contributed by atoms with Crippen molar-refractivity contribution in [2.75, 3.05) is 36.8 Å². The Labute approximate surface area is 140 Å². The molecule has 0 unspecified atom stereocenters. The number of nitrogens with zero attached hydrogens (tertiary/aromatic N) is 4. The highest BCUT2D eigenvalue weighted by atomic mass is 35.5. The predicted octanol–water partition coefficient (Wildman–Crippen LogP) is 3.02. The van der Waals surface area contributed by atoms with Gasteiger partial charge < -0.3 is 15.5 Å². The summed E-state index contributed by atoms with van der Waals surface area (Å²) in [6.07, 6.45) is 4.69. The fraction of sp³-hybridized carbons (Fsp3) is 0.312. The van der Waals surface area contributed by atoms with Crippen molar-refractivity contribution >= 4 is 35.4 Å². The largest absolute Gasteiger partial charge is 0.370 e. The summed E-state index contributed by atoms with van der Waals surface area (Å²) in [7, 11) is 0. The summed E-state index contributed by atoms with van der Waals surface area (Å²) in [5.41, 5.74) is 0.864. The highest BCUT2D eigenvalue weighted by Gasteiger charge is 2.04. The van der Waals surface area contributed by atoms with E-state index in [1.54, 1.807) is 6.20 Å². The Balaban J connectivity index is 1.49. The van der Waals surface area contributed by atoms with E-state index in [0.29, 0.717) is 11.0 Å². The molecule has 0 saturated carbocycles. The van der Waals surface area contributed by atoms with Crippen LogP contribution in [0.15, 0.2) is 41.5 Å². The summed E-state index contributed by atoms with van der Waals surface area (Å²) in [5.74, 6) is 1.35. The van der Waals surface area contributed by atoms with Gasteiger partial charge >= 0.3 is 0 Å². The fourth-order valence-electron chi connectivity index (χ4n) is 2.30. The molecule has 2 aromatic rings. The molecule has 0 radical (unpaired) electrons. The average molecular weight is 331 g/mol. The first-order valence-electron chi connectivity index (χ1n) is 7.63. The van der Waals surface area contributed by atoms with Crippen LogP contribution >= 0.6 is 11.6 Å². The van der Waals surface area contributed by atoms with Crippen molar-refractivity contribution in [3.63, 3.8) is 0 Å². The maximum Gasteiger partial charge on any atom is 0.229 e. The van der Waals surface area contributed by atoms with Crippen LogP contribution in [0.1, 0.15) is 6.42 Å². The van der Waals surface area contributed by atoms with E-state index in [4.69, 9.17) is 11.6 Å². The third kappa shape index (κ3) is 4.82. The highest BCUT2D eigenvalue weighted by molar-refractivity contribution is 6.30. The smallest absolute Gasteiger partial charge is 0.229 e. The van der Waals surface area contributed by atoms with Gasteiger partial charge in [0.05, 0.1) is 12.9 Å². The van der Waals surface area contributed by atoms with Crippen LogP contribution in [-0.4, -0.2) is 47.4 Å². The first-order chi connectivity index (χ1) is 11.3. The summed E-state index contributed by atoms with van der Waals surface area (Å²) in [6, 6.07) is 9.33. The minimum atomic E-state index is 0.545. The number of halogens is 1. The second kappa shape index (κ2) is 7.78. The van der Waals surface area contributed by atoms with E-state index in [-0.39, 0.29) is 0 Å². The van der Waals surface area contributed by atoms with E-state index < -0.39 is 0 Å². The monoisotopic (exact) mass is 330 g/mol. The molecule has 1 aromatic carbocycles. The topological polar surface area (TPSA) is 65.4 Å². The van der Waals surface area contributed by atoms with Crippen molar-refractivity contribution in [1.29, 1.82) is 0 Å². The summed E-state index contributed by atoms with van der Waals surface area (Å²) in [5, 5.41) is 7.14. The minimum absolute atomic E-state index is 0.545. The Morgan fingerprint density at radius 3 is 3.04 bits per heavy atom. The Morgan fingerprint density at radius 1 is 1.26 bits per heavy atom. The number of benzene rings is 1. The van der Waals surface area contributed by atoms with Gasteiger partial charge in [0.2, 0.25) is 5.95 Å². The number of aliphatic imine (C=N–C) groups is 1. The molecule has 1 aliphatic rings. The average Bonchev–Trinajstić information content (AvgIpc) is 3.05. The number of nitrogens with one attached hydrogen (secondary N) is 2. The third-order valence-electron chi connectivity index (χ3n) is 3.43. The van der Waals surface area contributed by atoms with Crippen LogP contribution in [0.25, 0.3) is 0 Å². The van der Waals surface area contributed by atoms with Crippen LogP contribution in [0.5, 0.6) is 0 Å². The number of hydrogen-bond donors (Lipinski definition) is 2. The second-order valence-electron chi connectivity index (χ2n) is 5.24. The lowest BCUT2D eigenvalue weighted by Gasteiger charge is -2.14. The maximum absolute atomic E-state index is 5.97. The summed E-state index contributed by atoms with van der Waals surface area (Å²) < 4.78 is 0. The van der Waals surface area contributed by atoms with E-state index >= 15 is 0 Å². The van der Waals surface area contributed by atoms with Crippen LogP contribution in [0.2, 0.25) is 5.02 Å². The first-order valence-corrected chi connectivity index (χ1v) is 8.01. The second-order valence-corrected chi connectivity index (χ2v) is 5.68. The van der Waals surface area contributed by atoms with Crippen LogP contribution in [0, 0.1) is 0 Å². The Hall–Kier alpha value is -2.34. The number of rotatable bonds is 7. The molecule has 7 heteroatoms. The van der Waals surface area contributed by atoms with Gasteiger partial charge in [0.25, 0.3) is 0 Å². The van der Waals surface area contributed by atoms with E-state index in [1.807, 2.05) is 36.7 Å². The molecule has 0 spiro atoms. The molecule has 0 saturated heterocycles. The molecule has 120 valence electrons. The van der Waals surface area contributed by atoms with Gasteiger partial charge in [0.1, 0.15) is 5.82 Å². The number of aromatic nitrogens is 2. The Bertz CT molecular complexity index is 675. The summed E-state index contributed by atoms with van der Waals surface area (Å²) >= 11 is 5.97. The number of anilines is 3. The van der Waals surface area contributed by atoms with Crippen LogP contribution in [-0.2, 0) is 0 Å². The third-order valence-corrected chi connectivity index (χ3v) is 3.66.